The molecule has 0 spiro atoms. The van der Waals surface area contributed by atoms with Crippen LogP contribution in [0.15, 0.2) is 18.2 Å². The molecular weight excluding hydrogens is 258 g/mol. The third-order valence-corrected chi connectivity index (χ3v) is 2.68. The van der Waals surface area contributed by atoms with Gasteiger partial charge in [0.25, 0.3) is 0 Å². The monoisotopic (exact) mass is 271 g/mol. The van der Waals surface area contributed by atoms with E-state index in [0.717, 1.165) is 19.3 Å². The first-order valence-corrected chi connectivity index (χ1v) is 6.05. The number of para-hydroxylation sites is 1. The second kappa shape index (κ2) is 6.96. The number of hydrogen-bond donors (Lipinski definition) is 0. The molecule has 5 nitrogen and oxygen atoms in total. The highest BCUT2D eigenvalue weighted by molar-refractivity contribution is 6.33. The maximum absolute atomic E-state index is 11.7. The molecule has 18 heavy (non-hydrogen) atoms. The molecule has 0 fully saturated rings. The highest BCUT2D eigenvalue weighted by atomic mass is 35.5. The third kappa shape index (κ3) is 3.70. The molecule has 0 amide bonds. The number of rotatable bonds is 6. The Labute approximate surface area is 110 Å². The van der Waals surface area contributed by atoms with Gasteiger partial charge in [0.05, 0.1) is 11.5 Å². The summed E-state index contributed by atoms with van der Waals surface area (Å²) in [7, 11) is 0. The lowest BCUT2D eigenvalue weighted by atomic mass is 10.2. The summed E-state index contributed by atoms with van der Waals surface area (Å²) in [5.74, 6) is -0.708. The average molecular weight is 272 g/mol. The minimum Gasteiger partial charge on any atom is -0.462 e. The van der Waals surface area contributed by atoms with Crippen LogP contribution in [-0.2, 0) is 4.74 Å². The number of carbonyl (C=O) groups excluding carboxylic acids is 1. The van der Waals surface area contributed by atoms with Crippen molar-refractivity contribution in [3.63, 3.8) is 0 Å². The molecule has 0 aliphatic heterocycles. The van der Waals surface area contributed by atoms with Gasteiger partial charge in [-0.1, -0.05) is 37.4 Å². The summed E-state index contributed by atoms with van der Waals surface area (Å²) < 4.78 is 4.97. The number of benzene rings is 1. The van der Waals surface area contributed by atoms with Gasteiger partial charge >= 0.3 is 11.7 Å². The van der Waals surface area contributed by atoms with Crippen molar-refractivity contribution in [1.29, 1.82) is 0 Å². The lowest BCUT2D eigenvalue weighted by Crippen LogP contribution is -2.09. The lowest BCUT2D eigenvalue weighted by molar-refractivity contribution is -0.385. The van der Waals surface area contributed by atoms with E-state index in [9.17, 15) is 14.9 Å². The second-order valence-corrected chi connectivity index (χ2v) is 4.14. The van der Waals surface area contributed by atoms with Crippen molar-refractivity contribution < 1.29 is 14.5 Å². The van der Waals surface area contributed by atoms with Crippen LogP contribution >= 0.6 is 11.6 Å². The van der Waals surface area contributed by atoms with E-state index in [1.807, 2.05) is 6.92 Å². The van der Waals surface area contributed by atoms with Gasteiger partial charge in [0, 0.05) is 0 Å². The molecule has 0 N–H and O–H groups in total. The normalized spacial score (nSPS) is 10.1. The first-order chi connectivity index (χ1) is 8.57. The zero-order chi connectivity index (χ0) is 13.5. The molecule has 1 aromatic carbocycles. The zero-order valence-electron chi connectivity index (χ0n) is 10.0. The van der Waals surface area contributed by atoms with Crippen LogP contribution in [0.1, 0.15) is 36.5 Å². The molecule has 0 saturated carbocycles. The van der Waals surface area contributed by atoms with Crippen LogP contribution in [0.25, 0.3) is 0 Å². The number of nitro benzene ring substituents is 1. The standard InChI is InChI=1S/C12H14ClNO4/c1-2-3-4-8-18-12(15)9-6-5-7-10(13)11(9)14(16)17/h5-7H,2-4,8H2,1H3. The van der Waals surface area contributed by atoms with Gasteiger partial charge in [-0.15, -0.1) is 0 Å². The Bertz CT molecular complexity index is 448. The highest BCUT2D eigenvalue weighted by Gasteiger charge is 2.24. The summed E-state index contributed by atoms with van der Waals surface area (Å²) >= 11 is 5.70. The number of nitrogens with zero attached hydrogens (tertiary/aromatic N) is 1. The first kappa shape index (κ1) is 14.4. The Morgan fingerprint density at radius 3 is 2.78 bits per heavy atom. The van der Waals surface area contributed by atoms with Gasteiger partial charge in [-0.3, -0.25) is 10.1 Å². The summed E-state index contributed by atoms with van der Waals surface area (Å²) in [6.07, 6.45) is 2.70. The summed E-state index contributed by atoms with van der Waals surface area (Å²) in [5, 5.41) is 10.8. The zero-order valence-corrected chi connectivity index (χ0v) is 10.8. The number of nitro groups is 1. The van der Waals surface area contributed by atoms with E-state index < -0.39 is 16.6 Å². The minimum atomic E-state index is -0.708. The number of halogens is 1. The molecule has 1 rings (SSSR count). The van der Waals surface area contributed by atoms with Crippen molar-refractivity contribution in [3.8, 4) is 0 Å². The summed E-state index contributed by atoms with van der Waals surface area (Å²) in [5.41, 5.74) is -0.511. The van der Waals surface area contributed by atoms with Gasteiger partial charge in [0.15, 0.2) is 0 Å². The average Bonchev–Trinajstić information content (AvgIpc) is 2.33. The smallest absolute Gasteiger partial charge is 0.345 e. The Morgan fingerprint density at radius 1 is 1.44 bits per heavy atom. The van der Waals surface area contributed by atoms with Crippen molar-refractivity contribution in [2.45, 2.75) is 26.2 Å². The van der Waals surface area contributed by atoms with Crippen molar-refractivity contribution in [2.75, 3.05) is 6.61 Å². The number of carbonyl (C=O) groups is 1. The van der Waals surface area contributed by atoms with Crippen LogP contribution in [0.4, 0.5) is 5.69 Å². The Morgan fingerprint density at radius 2 is 2.17 bits per heavy atom. The van der Waals surface area contributed by atoms with Crippen LogP contribution < -0.4 is 0 Å². The second-order valence-electron chi connectivity index (χ2n) is 3.74. The molecule has 0 aliphatic rings. The molecule has 0 saturated heterocycles. The van der Waals surface area contributed by atoms with Gasteiger partial charge in [0.2, 0.25) is 0 Å². The van der Waals surface area contributed by atoms with E-state index in [0.29, 0.717) is 0 Å². The maximum atomic E-state index is 11.7. The molecule has 0 aromatic heterocycles. The molecule has 0 atom stereocenters. The van der Waals surface area contributed by atoms with E-state index in [-0.39, 0.29) is 17.2 Å². The van der Waals surface area contributed by atoms with Crippen molar-refractivity contribution in [3.05, 3.63) is 38.9 Å². The molecule has 6 heteroatoms. The minimum absolute atomic E-state index is 0.0667. The lowest BCUT2D eigenvalue weighted by Gasteiger charge is -2.05. The molecule has 0 radical (unpaired) electrons. The summed E-state index contributed by atoms with van der Waals surface area (Å²) in [6.45, 7) is 2.29. The van der Waals surface area contributed by atoms with Crippen LogP contribution in [0, 0.1) is 10.1 Å². The van der Waals surface area contributed by atoms with E-state index in [4.69, 9.17) is 16.3 Å². The summed E-state index contributed by atoms with van der Waals surface area (Å²) in [6, 6.07) is 4.19. The number of ether oxygens (including phenoxy) is 1. The van der Waals surface area contributed by atoms with E-state index in [1.54, 1.807) is 0 Å². The Hall–Kier alpha value is -1.62. The van der Waals surface area contributed by atoms with Gasteiger partial charge in [-0.05, 0) is 18.6 Å². The predicted octanol–water partition coefficient (Wildman–Crippen LogP) is 3.60. The predicted molar refractivity (Wildman–Crippen MR) is 67.9 cm³/mol. The number of unbranched alkanes of at least 4 members (excludes halogenated alkanes) is 2. The van der Waals surface area contributed by atoms with Crippen LogP contribution in [-0.4, -0.2) is 17.5 Å². The Kier molecular flexibility index (Phi) is 5.58. The fourth-order valence-electron chi connectivity index (χ4n) is 1.46. The molecule has 0 aliphatic carbocycles. The highest BCUT2D eigenvalue weighted by Crippen LogP contribution is 2.28. The van der Waals surface area contributed by atoms with Crippen LogP contribution in [0.2, 0.25) is 5.02 Å². The van der Waals surface area contributed by atoms with Gasteiger partial charge in [-0.25, -0.2) is 4.79 Å². The fourth-order valence-corrected chi connectivity index (χ4v) is 1.70. The SMILES string of the molecule is CCCCCOC(=O)c1cccc(Cl)c1[N+](=O)[O-]. The molecule has 1 aromatic rings. The molecule has 0 bridgehead atoms. The molecule has 0 heterocycles. The van der Waals surface area contributed by atoms with E-state index >= 15 is 0 Å². The summed E-state index contributed by atoms with van der Waals surface area (Å²) in [4.78, 5) is 21.9. The largest absolute Gasteiger partial charge is 0.462 e. The topological polar surface area (TPSA) is 69.4 Å². The van der Waals surface area contributed by atoms with Crippen LogP contribution in [0.3, 0.4) is 0 Å². The molecule has 0 unspecified atom stereocenters. The molecular formula is C12H14ClNO4. The van der Waals surface area contributed by atoms with Gasteiger partial charge in [0.1, 0.15) is 10.6 Å². The van der Waals surface area contributed by atoms with Crippen molar-refractivity contribution in [1.82, 2.24) is 0 Å². The fraction of sp³-hybridized carbons (Fsp3) is 0.417. The number of esters is 1. The van der Waals surface area contributed by atoms with Crippen LogP contribution in [0.5, 0.6) is 0 Å². The maximum Gasteiger partial charge on any atom is 0.345 e. The van der Waals surface area contributed by atoms with Crippen molar-refractivity contribution in [2.24, 2.45) is 0 Å². The van der Waals surface area contributed by atoms with Gasteiger partial charge in [-0.2, -0.15) is 0 Å². The van der Waals surface area contributed by atoms with Crippen molar-refractivity contribution >= 4 is 23.3 Å². The third-order valence-electron chi connectivity index (χ3n) is 2.37. The quantitative estimate of drug-likeness (QED) is 0.343. The van der Waals surface area contributed by atoms with E-state index in [1.165, 1.54) is 18.2 Å². The Balaban J connectivity index is 2.79. The van der Waals surface area contributed by atoms with Gasteiger partial charge < -0.3 is 4.74 Å². The van der Waals surface area contributed by atoms with E-state index in [2.05, 4.69) is 0 Å². The number of hydrogen-bond acceptors (Lipinski definition) is 4. The molecule has 98 valence electrons. The first-order valence-electron chi connectivity index (χ1n) is 5.68.